The Morgan fingerprint density at radius 3 is 2.94 bits per heavy atom. The van der Waals surface area contributed by atoms with Gasteiger partial charge in [-0.1, -0.05) is 6.42 Å². The van der Waals surface area contributed by atoms with Gasteiger partial charge in [-0.2, -0.15) is 5.10 Å². The van der Waals surface area contributed by atoms with Crippen molar-refractivity contribution in [3.05, 3.63) is 18.0 Å². The van der Waals surface area contributed by atoms with Gasteiger partial charge in [-0.25, -0.2) is 0 Å². The molecule has 96 valence electrons. The van der Waals surface area contributed by atoms with Crippen LogP contribution in [0.1, 0.15) is 31.7 Å². The lowest BCUT2D eigenvalue weighted by molar-refractivity contribution is 0.124. The van der Waals surface area contributed by atoms with E-state index >= 15 is 0 Å². The number of rotatable bonds is 4. The Morgan fingerprint density at radius 2 is 2.29 bits per heavy atom. The molecule has 0 aliphatic carbocycles. The first kappa shape index (κ1) is 12.6. The molecule has 4 nitrogen and oxygen atoms in total. The van der Waals surface area contributed by atoms with Crippen LogP contribution in [0.2, 0.25) is 0 Å². The van der Waals surface area contributed by atoms with E-state index < -0.39 is 0 Å². The van der Waals surface area contributed by atoms with Crippen molar-refractivity contribution >= 4 is 0 Å². The van der Waals surface area contributed by atoms with Crippen LogP contribution in [0.3, 0.4) is 0 Å². The lowest BCUT2D eigenvalue weighted by atomic mass is 9.97. The lowest BCUT2D eigenvalue weighted by Gasteiger charge is -2.37. The van der Waals surface area contributed by atoms with Gasteiger partial charge < -0.3 is 5.73 Å². The molecule has 2 N–H and O–H groups in total. The Kier molecular flexibility index (Phi) is 4.18. The number of aryl methyl sites for hydroxylation is 1. The smallest absolute Gasteiger partial charge is 0.0536 e. The second-order valence-corrected chi connectivity index (χ2v) is 5.24. The topological polar surface area (TPSA) is 47.1 Å². The second kappa shape index (κ2) is 5.65. The maximum atomic E-state index is 6.07. The van der Waals surface area contributed by atoms with Crippen molar-refractivity contribution in [3.8, 4) is 0 Å². The molecular weight excluding hydrogens is 212 g/mol. The molecule has 0 amide bonds. The molecule has 0 aromatic carbocycles. The molecule has 1 fully saturated rings. The van der Waals surface area contributed by atoms with Crippen LogP contribution in [0.25, 0.3) is 0 Å². The highest BCUT2D eigenvalue weighted by Gasteiger charge is 2.24. The second-order valence-electron chi connectivity index (χ2n) is 5.24. The predicted molar refractivity (Wildman–Crippen MR) is 69.8 cm³/mol. The summed E-state index contributed by atoms with van der Waals surface area (Å²) in [6.07, 6.45) is 7.89. The number of hydrogen-bond donors (Lipinski definition) is 1. The third kappa shape index (κ3) is 3.30. The highest BCUT2D eigenvalue weighted by molar-refractivity contribution is 4.99. The zero-order valence-corrected chi connectivity index (χ0v) is 11.0. The van der Waals surface area contributed by atoms with Gasteiger partial charge in [0.1, 0.15) is 0 Å². The van der Waals surface area contributed by atoms with Gasteiger partial charge >= 0.3 is 0 Å². The summed E-state index contributed by atoms with van der Waals surface area (Å²) >= 11 is 0. The van der Waals surface area contributed by atoms with E-state index in [2.05, 4.69) is 30.0 Å². The van der Waals surface area contributed by atoms with Gasteiger partial charge in [-0.05, 0) is 38.8 Å². The van der Waals surface area contributed by atoms with E-state index in [-0.39, 0.29) is 6.04 Å². The van der Waals surface area contributed by atoms with Crippen LogP contribution in [-0.4, -0.2) is 39.9 Å². The Balaban J connectivity index is 1.88. The summed E-state index contributed by atoms with van der Waals surface area (Å²) in [6.45, 7) is 7.42. The third-order valence-corrected chi connectivity index (χ3v) is 3.65. The zero-order chi connectivity index (χ0) is 12.3. The highest BCUT2D eigenvalue weighted by Crippen LogP contribution is 2.18. The standard InChI is InChI=1S/C13H24N4/c1-11-9-15-17(10-11)8-7-16-6-4-3-5-13(16)12(2)14/h9-10,12-13H,3-8,14H2,1-2H3. The van der Waals surface area contributed by atoms with Gasteiger partial charge in [0.25, 0.3) is 0 Å². The molecule has 17 heavy (non-hydrogen) atoms. The average Bonchev–Trinajstić information content (AvgIpc) is 2.73. The van der Waals surface area contributed by atoms with Crippen molar-refractivity contribution in [2.24, 2.45) is 5.73 Å². The van der Waals surface area contributed by atoms with Crippen molar-refractivity contribution in [1.29, 1.82) is 0 Å². The molecule has 0 radical (unpaired) electrons. The molecule has 0 bridgehead atoms. The summed E-state index contributed by atoms with van der Waals surface area (Å²) in [5.74, 6) is 0. The van der Waals surface area contributed by atoms with Crippen molar-refractivity contribution in [2.45, 2.75) is 51.7 Å². The van der Waals surface area contributed by atoms with Gasteiger partial charge in [-0.15, -0.1) is 0 Å². The van der Waals surface area contributed by atoms with E-state index in [1.807, 2.05) is 10.9 Å². The zero-order valence-electron chi connectivity index (χ0n) is 11.0. The molecule has 1 aliphatic heterocycles. The fourth-order valence-electron chi connectivity index (χ4n) is 2.71. The molecule has 0 spiro atoms. The van der Waals surface area contributed by atoms with Crippen LogP contribution in [0, 0.1) is 6.92 Å². The van der Waals surface area contributed by atoms with E-state index in [9.17, 15) is 0 Å². The Morgan fingerprint density at radius 1 is 1.47 bits per heavy atom. The summed E-state index contributed by atoms with van der Waals surface area (Å²) in [7, 11) is 0. The lowest BCUT2D eigenvalue weighted by Crippen LogP contribution is -2.50. The van der Waals surface area contributed by atoms with E-state index in [1.54, 1.807) is 0 Å². The van der Waals surface area contributed by atoms with Gasteiger partial charge in [0, 0.05) is 24.8 Å². The molecule has 2 heterocycles. The molecular formula is C13H24N4. The summed E-state index contributed by atoms with van der Waals surface area (Å²) in [6, 6.07) is 0.829. The van der Waals surface area contributed by atoms with E-state index in [0.29, 0.717) is 6.04 Å². The number of nitrogens with zero attached hydrogens (tertiary/aromatic N) is 3. The first-order valence-electron chi connectivity index (χ1n) is 6.65. The van der Waals surface area contributed by atoms with Crippen LogP contribution in [0.4, 0.5) is 0 Å². The van der Waals surface area contributed by atoms with Gasteiger partial charge in [0.15, 0.2) is 0 Å². The number of aromatic nitrogens is 2. The molecule has 1 aromatic rings. The molecule has 1 aromatic heterocycles. The molecule has 2 unspecified atom stereocenters. The maximum Gasteiger partial charge on any atom is 0.0536 e. The first-order chi connectivity index (χ1) is 8.16. The number of likely N-dealkylation sites (tertiary alicyclic amines) is 1. The predicted octanol–water partition coefficient (Wildman–Crippen LogP) is 1.39. The van der Waals surface area contributed by atoms with Crippen LogP contribution < -0.4 is 5.73 Å². The average molecular weight is 236 g/mol. The van der Waals surface area contributed by atoms with E-state index in [1.165, 1.54) is 31.4 Å². The van der Waals surface area contributed by atoms with Gasteiger partial charge in [0.2, 0.25) is 0 Å². The fraction of sp³-hybridized carbons (Fsp3) is 0.769. The normalized spacial score (nSPS) is 23.8. The van der Waals surface area contributed by atoms with Crippen LogP contribution in [0.5, 0.6) is 0 Å². The number of piperidine rings is 1. The summed E-state index contributed by atoms with van der Waals surface area (Å²) in [5.41, 5.74) is 7.30. The Hall–Kier alpha value is -0.870. The maximum absolute atomic E-state index is 6.07. The SMILES string of the molecule is Cc1cnn(CCN2CCCCC2C(C)N)c1. The van der Waals surface area contributed by atoms with Crippen LogP contribution in [0.15, 0.2) is 12.4 Å². The van der Waals surface area contributed by atoms with Crippen molar-refractivity contribution in [2.75, 3.05) is 13.1 Å². The summed E-state index contributed by atoms with van der Waals surface area (Å²) in [5, 5.41) is 4.33. The molecule has 2 rings (SSSR count). The number of nitrogens with two attached hydrogens (primary N) is 1. The molecule has 1 saturated heterocycles. The Labute approximate surface area is 104 Å². The first-order valence-corrected chi connectivity index (χ1v) is 6.65. The monoisotopic (exact) mass is 236 g/mol. The minimum Gasteiger partial charge on any atom is -0.327 e. The Bertz CT molecular complexity index is 345. The third-order valence-electron chi connectivity index (χ3n) is 3.65. The molecule has 1 aliphatic rings. The minimum absolute atomic E-state index is 0.273. The van der Waals surface area contributed by atoms with E-state index in [4.69, 9.17) is 5.73 Å². The van der Waals surface area contributed by atoms with Crippen LogP contribution >= 0.6 is 0 Å². The van der Waals surface area contributed by atoms with E-state index in [0.717, 1.165) is 13.1 Å². The minimum atomic E-state index is 0.273. The van der Waals surface area contributed by atoms with Crippen molar-refractivity contribution in [1.82, 2.24) is 14.7 Å². The largest absolute Gasteiger partial charge is 0.327 e. The van der Waals surface area contributed by atoms with Gasteiger partial charge in [0.05, 0.1) is 12.7 Å². The van der Waals surface area contributed by atoms with Crippen molar-refractivity contribution < 1.29 is 0 Å². The summed E-state index contributed by atoms with van der Waals surface area (Å²) < 4.78 is 2.03. The quantitative estimate of drug-likeness (QED) is 0.859. The molecule has 0 saturated carbocycles. The number of hydrogen-bond acceptors (Lipinski definition) is 3. The van der Waals surface area contributed by atoms with Crippen molar-refractivity contribution in [3.63, 3.8) is 0 Å². The highest BCUT2D eigenvalue weighted by atomic mass is 15.3. The fourth-order valence-corrected chi connectivity index (χ4v) is 2.71. The molecule has 2 atom stereocenters. The van der Waals surface area contributed by atoms with Gasteiger partial charge in [-0.3, -0.25) is 9.58 Å². The summed E-state index contributed by atoms with van der Waals surface area (Å²) in [4.78, 5) is 2.53. The molecule has 4 heteroatoms. The van der Waals surface area contributed by atoms with Crippen LogP contribution in [-0.2, 0) is 6.54 Å².